The Labute approximate surface area is 191 Å². The van der Waals surface area contributed by atoms with Crippen LogP contribution in [0.3, 0.4) is 0 Å². The number of anilines is 1. The first-order chi connectivity index (χ1) is 15.8. The molecule has 2 heterocycles. The van der Waals surface area contributed by atoms with Crippen LogP contribution in [0.1, 0.15) is 16.1 Å². The van der Waals surface area contributed by atoms with Crippen LogP contribution in [0.15, 0.2) is 71.8 Å². The van der Waals surface area contributed by atoms with Gasteiger partial charge < -0.3 is 15.0 Å². The van der Waals surface area contributed by atoms with Gasteiger partial charge in [-0.15, -0.1) is 0 Å². The summed E-state index contributed by atoms with van der Waals surface area (Å²) in [7, 11) is 0. The predicted molar refractivity (Wildman–Crippen MR) is 120 cm³/mol. The SMILES string of the molecule is O=C(CN1C(=O)S/C(=C\c2cccn2-c2ccc(C(=O)O)cc2)C1=O)Nc1cccc(F)c1. The highest BCUT2D eigenvalue weighted by atomic mass is 32.2. The third-order valence-electron chi connectivity index (χ3n) is 4.74. The zero-order valence-electron chi connectivity index (χ0n) is 16.9. The molecule has 1 aliphatic heterocycles. The lowest BCUT2D eigenvalue weighted by molar-refractivity contribution is -0.127. The summed E-state index contributed by atoms with van der Waals surface area (Å²) < 4.78 is 15.0. The Hall–Kier alpha value is -4.18. The van der Waals surface area contributed by atoms with Gasteiger partial charge in [0.2, 0.25) is 5.91 Å². The zero-order valence-corrected chi connectivity index (χ0v) is 17.7. The Morgan fingerprint density at radius 1 is 1.06 bits per heavy atom. The van der Waals surface area contributed by atoms with E-state index in [1.807, 2.05) is 0 Å². The third kappa shape index (κ3) is 4.85. The Morgan fingerprint density at radius 2 is 1.82 bits per heavy atom. The Balaban J connectivity index is 1.50. The molecule has 1 fully saturated rings. The fraction of sp³-hybridized carbons (Fsp3) is 0.0435. The molecule has 4 rings (SSSR count). The predicted octanol–water partition coefficient (Wildman–Crippen LogP) is 3.99. The molecule has 1 saturated heterocycles. The lowest BCUT2D eigenvalue weighted by Crippen LogP contribution is -2.36. The van der Waals surface area contributed by atoms with Crippen molar-refractivity contribution < 1.29 is 28.7 Å². The van der Waals surface area contributed by atoms with Crippen molar-refractivity contribution in [3.63, 3.8) is 0 Å². The number of nitrogens with zero attached hydrogens (tertiary/aromatic N) is 2. The lowest BCUT2D eigenvalue weighted by Gasteiger charge is -2.12. The summed E-state index contributed by atoms with van der Waals surface area (Å²) in [6, 6.07) is 14.9. The maximum absolute atomic E-state index is 13.3. The maximum atomic E-state index is 13.3. The Kier molecular flexibility index (Phi) is 6.09. The molecule has 0 spiro atoms. The van der Waals surface area contributed by atoms with Crippen molar-refractivity contribution in [1.29, 1.82) is 0 Å². The summed E-state index contributed by atoms with van der Waals surface area (Å²) in [5, 5.41) is 10.9. The number of amides is 3. The number of carboxylic acids is 1. The molecule has 10 heteroatoms. The average molecular weight is 465 g/mol. The first-order valence-corrected chi connectivity index (χ1v) is 10.5. The fourth-order valence-corrected chi connectivity index (χ4v) is 4.02. The van der Waals surface area contributed by atoms with Crippen LogP contribution in [0.4, 0.5) is 14.9 Å². The number of hydrogen-bond donors (Lipinski definition) is 2. The molecule has 166 valence electrons. The second-order valence-corrected chi connectivity index (χ2v) is 7.97. The van der Waals surface area contributed by atoms with Crippen LogP contribution in [0.5, 0.6) is 0 Å². The Bertz CT molecular complexity index is 1300. The number of hydrogen-bond acceptors (Lipinski definition) is 5. The van der Waals surface area contributed by atoms with E-state index in [-0.39, 0.29) is 16.2 Å². The summed E-state index contributed by atoms with van der Waals surface area (Å²) in [6.07, 6.45) is 3.26. The van der Waals surface area contributed by atoms with Crippen LogP contribution in [-0.2, 0) is 9.59 Å². The van der Waals surface area contributed by atoms with Crippen molar-refractivity contribution in [1.82, 2.24) is 9.47 Å². The van der Waals surface area contributed by atoms with E-state index in [1.165, 1.54) is 36.4 Å². The lowest BCUT2D eigenvalue weighted by atomic mass is 10.2. The zero-order chi connectivity index (χ0) is 23.5. The van der Waals surface area contributed by atoms with Crippen molar-refractivity contribution in [2.75, 3.05) is 11.9 Å². The van der Waals surface area contributed by atoms with Gasteiger partial charge in [-0.3, -0.25) is 19.3 Å². The second-order valence-electron chi connectivity index (χ2n) is 6.98. The third-order valence-corrected chi connectivity index (χ3v) is 5.64. The van der Waals surface area contributed by atoms with Crippen LogP contribution < -0.4 is 5.32 Å². The number of imide groups is 1. The number of carboxylic acid groups (broad SMARTS) is 1. The fourth-order valence-electron chi connectivity index (χ4n) is 3.19. The molecule has 1 aromatic heterocycles. The number of thioether (sulfide) groups is 1. The van der Waals surface area contributed by atoms with Crippen molar-refractivity contribution in [2.24, 2.45) is 0 Å². The molecule has 8 nitrogen and oxygen atoms in total. The average Bonchev–Trinajstić information content (AvgIpc) is 3.34. The molecule has 2 N–H and O–H groups in total. The summed E-state index contributed by atoms with van der Waals surface area (Å²) in [5.41, 5.74) is 1.62. The highest BCUT2D eigenvalue weighted by molar-refractivity contribution is 8.18. The van der Waals surface area contributed by atoms with Gasteiger partial charge in [-0.2, -0.15) is 0 Å². The van der Waals surface area contributed by atoms with Crippen LogP contribution in [-0.4, -0.2) is 44.1 Å². The highest BCUT2D eigenvalue weighted by Crippen LogP contribution is 2.32. The molecule has 0 radical (unpaired) electrons. The van der Waals surface area contributed by atoms with E-state index in [9.17, 15) is 23.6 Å². The summed E-state index contributed by atoms with van der Waals surface area (Å²) >= 11 is 0.709. The van der Waals surface area contributed by atoms with Gasteiger partial charge in [0.15, 0.2) is 0 Å². The first kappa shape index (κ1) is 22.0. The molecule has 0 bridgehead atoms. The molecular weight excluding hydrogens is 449 g/mol. The quantitative estimate of drug-likeness (QED) is 0.533. The van der Waals surface area contributed by atoms with Crippen LogP contribution in [0.25, 0.3) is 11.8 Å². The molecule has 2 aromatic carbocycles. The van der Waals surface area contributed by atoms with Crippen LogP contribution in [0.2, 0.25) is 0 Å². The minimum atomic E-state index is -1.04. The van der Waals surface area contributed by atoms with Gasteiger partial charge in [-0.05, 0) is 72.4 Å². The monoisotopic (exact) mass is 465 g/mol. The molecular formula is C23H16FN3O5S. The molecule has 0 saturated carbocycles. The minimum absolute atomic E-state index is 0.140. The number of carbonyl (C=O) groups is 4. The summed E-state index contributed by atoms with van der Waals surface area (Å²) in [5.74, 6) is -2.81. The largest absolute Gasteiger partial charge is 0.478 e. The van der Waals surface area contributed by atoms with Gasteiger partial charge in [0.25, 0.3) is 11.1 Å². The minimum Gasteiger partial charge on any atom is -0.478 e. The van der Waals surface area contributed by atoms with E-state index in [0.717, 1.165) is 11.0 Å². The molecule has 3 amide bonds. The first-order valence-electron chi connectivity index (χ1n) is 9.64. The van der Waals surface area contributed by atoms with Gasteiger partial charge in [0.1, 0.15) is 12.4 Å². The molecule has 0 aliphatic carbocycles. The Morgan fingerprint density at radius 3 is 2.52 bits per heavy atom. The number of carbonyl (C=O) groups excluding carboxylic acids is 3. The van der Waals surface area contributed by atoms with Crippen LogP contribution in [0, 0.1) is 5.82 Å². The van der Waals surface area contributed by atoms with E-state index in [1.54, 1.807) is 35.0 Å². The number of nitrogens with one attached hydrogen (secondary N) is 1. The number of aromatic carboxylic acids is 1. The van der Waals surface area contributed by atoms with E-state index in [0.29, 0.717) is 23.1 Å². The number of rotatable bonds is 6. The maximum Gasteiger partial charge on any atom is 0.335 e. The van der Waals surface area contributed by atoms with Gasteiger partial charge in [0, 0.05) is 23.3 Å². The van der Waals surface area contributed by atoms with Gasteiger partial charge in [-0.25, -0.2) is 9.18 Å². The highest BCUT2D eigenvalue weighted by Gasteiger charge is 2.36. The molecule has 0 atom stereocenters. The smallest absolute Gasteiger partial charge is 0.335 e. The van der Waals surface area contributed by atoms with Gasteiger partial charge >= 0.3 is 5.97 Å². The summed E-state index contributed by atoms with van der Waals surface area (Å²) in [6.45, 7) is -0.504. The molecule has 0 unspecified atom stereocenters. The summed E-state index contributed by atoms with van der Waals surface area (Å²) in [4.78, 5) is 49.4. The van der Waals surface area contributed by atoms with Crippen molar-refractivity contribution in [3.8, 4) is 5.69 Å². The van der Waals surface area contributed by atoms with E-state index in [4.69, 9.17) is 5.11 Å². The van der Waals surface area contributed by atoms with Gasteiger partial charge in [-0.1, -0.05) is 6.07 Å². The number of aromatic nitrogens is 1. The molecule has 3 aromatic rings. The van der Waals surface area contributed by atoms with E-state index >= 15 is 0 Å². The van der Waals surface area contributed by atoms with Crippen LogP contribution >= 0.6 is 11.8 Å². The van der Waals surface area contributed by atoms with Gasteiger partial charge in [0.05, 0.1) is 10.5 Å². The van der Waals surface area contributed by atoms with Crippen molar-refractivity contribution >= 4 is 46.5 Å². The van der Waals surface area contributed by atoms with Crippen molar-refractivity contribution in [3.05, 3.63) is 88.8 Å². The number of halogens is 1. The topological polar surface area (TPSA) is 109 Å². The second kappa shape index (κ2) is 9.13. The normalized spacial score (nSPS) is 14.7. The number of benzene rings is 2. The standard InChI is InChI=1S/C23H16FN3O5S/c24-15-3-1-4-16(11-15)25-20(28)13-27-21(29)19(33-23(27)32)12-18-5-2-10-26(18)17-8-6-14(7-9-17)22(30)31/h1-12H,13H2,(H,25,28)(H,30,31)/b19-12-. The van der Waals surface area contributed by atoms with E-state index in [2.05, 4.69) is 5.32 Å². The molecule has 33 heavy (non-hydrogen) atoms. The van der Waals surface area contributed by atoms with Crippen molar-refractivity contribution in [2.45, 2.75) is 0 Å². The molecule has 1 aliphatic rings. The van der Waals surface area contributed by atoms with E-state index < -0.39 is 35.4 Å².